The van der Waals surface area contributed by atoms with Crippen LogP contribution in [0.3, 0.4) is 0 Å². The highest BCUT2D eigenvalue weighted by Gasteiger charge is 2.00. The van der Waals surface area contributed by atoms with Crippen molar-refractivity contribution in [1.29, 1.82) is 0 Å². The molecule has 0 aromatic heterocycles. The molecule has 1 aromatic rings. The largest absolute Gasteiger partial charge is 0.380 e. The lowest BCUT2D eigenvalue weighted by Crippen LogP contribution is -2.19. The molecule has 0 amide bonds. The minimum atomic E-state index is 0.668. The van der Waals surface area contributed by atoms with E-state index in [1.165, 1.54) is 0 Å². The summed E-state index contributed by atoms with van der Waals surface area (Å²) in [5.41, 5.74) is 1.08. The predicted molar refractivity (Wildman–Crippen MR) is 69.5 cm³/mol. The van der Waals surface area contributed by atoms with Gasteiger partial charge in [0.05, 0.1) is 13.2 Å². The summed E-state index contributed by atoms with van der Waals surface area (Å²) in [6.45, 7) is 5.37. The second kappa shape index (κ2) is 7.91. The highest BCUT2D eigenvalue weighted by Crippen LogP contribution is 2.21. The van der Waals surface area contributed by atoms with Gasteiger partial charge in [-0.3, -0.25) is 0 Å². The van der Waals surface area contributed by atoms with E-state index in [0.29, 0.717) is 16.7 Å². The quantitative estimate of drug-likeness (QED) is 0.762. The minimum absolute atomic E-state index is 0.668. The van der Waals surface area contributed by atoms with Crippen LogP contribution in [0.15, 0.2) is 18.2 Å². The molecule has 1 rings (SSSR count). The van der Waals surface area contributed by atoms with Gasteiger partial charge in [0.25, 0.3) is 0 Å². The zero-order valence-electron chi connectivity index (χ0n) is 9.43. The third kappa shape index (κ3) is 5.17. The number of halogens is 2. The molecular formula is C12H17Cl2NO. The topological polar surface area (TPSA) is 21.3 Å². The first kappa shape index (κ1) is 13.8. The molecule has 0 heterocycles. The van der Waals surface area contributed by atoms with Gasteiger partial charge in [0.2, 0.25) is 0 Å². The normalized spacial score (nSPS) is 10.7. The minimum Gasteiger partial charge on any atom is -0.380 e. The average molecular weight is 262 g/mol. The summed E-state index contributed by atoms with van der Waals surface area (Å²) in [5.74, 6) is 0. The van der Waals surface area contributed by atoms with Gasteiger partial charge in [-0.2, -0.15) is 0 Å². The molecule has 0 aliphatic rings. The number of rotatable bonds is 7. The van der Waals surface area contributed by atoms with Crippen molar-refractivity contribution in [2.75, 3.05) is 26.3 Å². The Balaban J connectivity index is 2.21. The van der Waals surface area contributed by atoms with Gasteiger partial charge in [-0.15, -0.1) is 0 Å². The Bertz CT molecular complexity index is 318. The molecule has 0 fully saturated rings. The van der Waals surface area contributed by atoms with E-state index in [1.54, 1.807) is 6.07 Å². The third-order valence-electron chi connectivity index (χ3n) is 2.20. The van der Waals surface area contributed by atoms with E-state index in [2.05, 4.69) is 12.2 Å². The summed E-state index contributed by atoms with van der Waals surface area (Å²) in [7, 11) is 0. The smallest absolute Gasteiger partial charge is 0.0591 e. The van der Waals surface area contributed by atoms with Gasteiger partial charge in [-0.1, -0.05) is 36.2 Å². The molecule has 2 nitrogen and oxygen atoms in total. The van der Waals surface area contributed by atoms with Crippen LogP contribution in [0.4, 0.5) is 0 Å². The van der Waals surface area contributed by atoms with Crippen LogP contribution in [0.5, 0.6) is 0 Å². The Morgan fingerprint density at radius 2 is 2.06 bits per heavy atom. The molecule has 4 heteroatoms. The molecule has 0 aliphatic heterocycles. The second-order valence-corrected chi connectivity index (χ2v) is 4.30. The Morgan fingerprint density at radius 3 is 2.75 bits per heavy atom. The van der Waals surface area contributed by atoms with E-state index in [4.69, 9.17) is 27.9 Å². The first-order chi connectivity index (χ1) is 7.74. The lowest BCUT2D eigenvalue weighted by molar-refractivity contribution is 0.139. The Labute approximate surface area is 107 Å². The Morgan fingerprint density at radius 1 is 1.25 bits per heavy atom. The maximum Gasteiger partial charge on any atom is 0.0591 e. The van der Waals surface area contributed by atoms with Crippen LogP contribution in [0.25, 0.3) is 0 Å². The van der Waals surface area contributed by atoms with E-state index in [0.717, 1.165) is 31.7 Å². The van der Waals surface area contributed by atoms with Crippen LogP contribution in [-0.2, 0) is 11.2 Å². The summed E-state index contributed by atoms with van der Waals surface area (Å²) in [5, 5.41) is 4.58. The van der Waals surface area contributed by atoms with Gasteiger partial charge in [-0.05, 0) is 30.7 Å². The fourth-order valence-corrected chi connectivity index (χ4v) is 1.83. The predicted octanol–water partition coefficient (Wildman–Crippen LogP) is 3.16. The van der Waals surface area contributed by atoms with Gasteiger partial charge in [0, 0.05) is 16.6 Å². The number of nitrogens with one attached hydrogen (secondary N) is 1. The fraction of sp³-hybridized carbons (Fsp3) is 0.500. The van der Waals surface area contributed by atoms with Crippen molar-refractivity contribution in [2.45, 2.75) is 13.3 Å². The monoisotopic (exact) mass is 261 g/mol. The molecule has 0 saturated heterocycles. The van der Waals surface area contributed by atoms with E-state index in [1.807, 2.05) is 12.1 Å². The van der Waals surface area contributed by atoms with Gasteiger partial charge < -0.3 is 10.1 Å². The number of hydrogen-bond acceptors (Lipinski definition) is 2. The molecule has 0 spiro atoms. The highest BCUT2D eigenvalue weighted by molar-refractivity contribution is 6.35. The molecule has 1 N–H and O–H groups in total. The van der Waals surface area contributed by atoms with Gasteiger partial charge in [-0.25, -0.2) is 0 Å². The highest BCUT2D eigenvalue weighted by atomic mass is 35.5. The molecule has 0 bridgehead atoms. The van der Waals surface area contributed by atoms with Crippen LogP contribution < -0.4 is 5.32 Å². The van der Waals surface area contributed by atoms with Crippen molar-refractivity contribution in [3.8, 4) is 0 Å². The first-order valence-corrected chi connectivity index (χ1v) is 6.22. The van der Waals surface area contributed by atoms with Crippen LogP contribution in [0.2, 0.25) is 10.0 Å². The molecule has 1 aromatic carbocycles. The molecular weight excluding hydrogens is 245 g/mol. The average Bonchev–Trinajstić information content (AvgIpc) is 2.26. The standard InChI is InChI=1S/C12H17Cl2NO/c1-2-15-6-8-16-7-5-10-3-4-11(13)9-12(10)14/h3-4,9,15H,2,5-8H2,1H3. The molecule has 0 atom stereocenters. The SMILES string of the molecule is CCNCCOCCc1ccc(Cl)cc1Cl. The summed E-state index contributed by atoms with van der Waals surface area (Å²) >= 11 is 11.9. The zero-order chi connectivity index (χ0) is 11.8. The van der Waals surface area contributed by atoms with E-state index in [9.17, 15) is 0 Å². The first-order valence-electron chi connectivity index (χ1n) is 5.46. The number of benzene rings is 1. The van der Waals surface area contributed by atoms with Crippen molar-refractivity contribution >= 4 is 23.2 Å². The van der Waals surface area contributed by atoms with Crippen molar-refractivity contribution in [1.82, 2.24) is 5.32 Å². The molecule has 0 unspecified atom stereocenters. The molecule has 16 heavy (non-hydrogen) atoms. The summed E-state index contributed by atoms with van der Waals surface area (Å²) in [6.07, 6.45) is 0.822. The fourth-order valence-electron chi connectivity index (χ4n) is 1.33. The zero-order valence-corrected chi connectivity index (χ0v) is 10.9. The number of likely N-dealkylation sites (N-methyl/N-ethyl adjacent to an activating group) is 1. The summed E-state index contributed by atoms with van der Waals surface area (Å²) in [4.78, 5) is 0. The van der Waals surface area contributed by atoms with Crippen LogP contribution in [-0.4, -0.2) is 26.3 Å². The van der Waals surface area contributed by atoms with Crippen LogP contribution in [0, 0.1) is 0 Å². The maximum atomic E-state index is 6.04. The van der Waals surface area contributed by atoms with Crippen LogP contribution in [0.1, 0.15) is 12.5 Å². The lowest BCUT2D eigenvalue weighted by atomic mass is 10.2. The summed E-state index contributed by atoms with van der Waals surface area (Å²) < 4.78 is 5.47. The molecule has 90 valence electrons. The van der Waals surface area contributed by atoms with Gasteiger partial charge in [0.15, 0.2) is 0 Å². The van der Waals surface area contributed by atoms with E-state index in [-0.39, 0.29) is 0 Å². The van der Waals surface area contributed by atoms with Crippen molar-refractivity contribution in [3.63, 3.8) is 0 Å². The number of ether oxygens (including phenoxy) is 1. The number of hydrogen-bond donors (Lipinski definition) is 1. The summed E-state index contributed by atoms with van der Waals surface area (Å²) in [6, 6.07) is 5.55. The van der Waals surface area contributed by atoms with Gasteiger partial charge >= 0.3 is 0 Å². The van der Waals surface area contributed by atoms with Crippen molar-refractivity contribution in [3.05, 3.63) is 33.8 Å². The third-order valence-corrected chi connectivity index (χ3v) is 2.79. The van der Waals surface area contributed by atoms with Crippen LogP contribution >= 0.6 is 23.2 Å². The molecule has 0 aliphatic carbocycles. The van der Waals surface area contributed by atoms with E-state index < -0.39 is 0 Å². The van der Waals surface area contributed by atoms with Crippen molar-refractivity contribution in [2.24, 2.45) is 0 Å². The Kier molecular flexibility index (Phi) is 6.81. The molecule has 0 radical (unpaired) electrons. The maximum absolute atomic E-state index is 6.04. The second-order valence-electron chi connectivity index (χ2n) is 3.45. The van der Waals surface area contributed by atoms with E-state index >= 15 is 0 Å². The Hall–Kier alpha value is -0.280. The molecule has 0 saturated carbocycles. The van der Waals surface area contributed by atoms with Crippen molar-refractivity contribution < 1.29 is 4.74 Å². The lowest BCUT2D eigenvalue weighted by Gasteiger charge is -2.06. The van der Waals surface area contributed by atoms with Gasteiger partial charge in [0.1, 0.15) is 0 Å².